The number of hydrogen-bond acceptors (Lipinski definition) is 5. The van der Waals surface area contributed by atoms with Crippen LogP contribution in [0.5, 0.6) is 0 Å². The molecule has 0 aliphatic heterocycles. The number of non-ortho nitro benzene ring substituents is 1. The molecule has 31 heavy (non-hydrogen) atoms. The van der Waals surface area contributed by atoms with Crippen molar-refractivity contribution in [3.05, 3.63) is 112 Å². The van der Waals surface area contributed by atoms with Gasteiger partial charge in [0.1, 0.15) is 0 Å². The van der Waals surface area contributed by atoms with Crippen LogP contribution < -0.4 is 10.7 Å². The Bertz CT molecular complexity index is 1140. The number of amides is 2. The molecule has 0 fully saturated rings. The second-order valence-corrected chi connectivity index (χ2v) is 6.36. The average Bonchev–Trinajstić information content (AvgIpc) is 2.79. The van der Waals surface area contributed by atoms with E-state index >= 15 is 0 Å². The van der Waals surface area contributed by atoms with Crippen molar-refractivity contribution in [1.82, 2.24) is 5.43 Å². The fraction of sp³-hybridized carbons (Fsp3) is 0. The third kappa shape index (κ3) is 6.47. The molecule has 8 heteroatoms. The summed E-state index contributed by atoms with van der Waals surface area (Å²) in [5, 5.41) is 17.3. The fourth-order valence-electron chi connectivity index (χ4n) is 2.57. The van der Waals surface area contributed by atoms with Crippen LogP contribution in [0.2, 0.25) is 0 Å². The van der Waals surface area contributed by atoms with Gasteiger partial charge in [0.05, 0.1) is 11.1 Å². The quantitative estimate of drug-likeness (QED) is 0.263. The summed E-state index contributed by atoms with van der Waals surface area (Å²) >= 11 is 0. The molecular formula is C23H18N4O4. The number of carbonyl (C=O) groups is 2. The maximum atomic E-state index is 12.2. The number of nitro benzene ring substituents is 1. The second-order valence-electron chi connectivity index (χ2n) is 6.36. The van der Waals surface area contributed by atoms with Crippen molar-refractivity contribution < 1.29 is 14.5 Å². The summed E-state index contributed by atoms with van der Waals surface area (Å²) in [6.07, 6.45) is 4.45. The zero-order valence-electron chi connectivity index (χ0n) is 16.3. The van der Waals surface area contributed by atoms with E-state index in [0.29, 0.717) is 16.8 Å². The van der Waals surface area contributed by atoms with Gasteiger partial charge in [-0.15, -0.1) is 0 Å². The molecule has 3 aromatic rings. The number of carbonyl (C=O) groups excluding carboxylic acids is 2. The van der Waals surface area contributed by atoms with E-state index in [0.717, 1.165) is 5.56 Å². The highest BCUT2D eigenvalue weighted by molar-refractivity contribution is 6.02. The van der Waals surface area contributed by atoms with E-state index < -0.39 is 10.8 Å². The van der Waals surface area contributed by atoms with Crippen molar-refractivity contribution in [2.45, 2.75) is 0 Å². The fourth-order valence-corrected chi connectivity index (χ4v) is 2.57. The monoisotopic (exact) mass is 414 g/mol. The first-order valence-corrected chi connectivity index (χ1v) is 9.23. The highest BCUT2D eigenvalue weighted by Gasteiger charge is 2.06. The molecule has 2 N–H and O–H groups in total. The minimum Gasteiger partial charge on any atom is -0.323 e. The molecule has 0 aliphatic rings. The standard InChI is InChI=1S/C23H18N4O4/c28-22(14-9-17-5-2-1-3-6-17)25-20-12-10-19(11-13-20)23(29)26-24-16-18-7-4-8-21(15-18)27(30)31/h1-16H,(H,25,28)(H,26,29)/b14-9+,24-16-. The van der Waals surface area contributed by atoms with Crippen LogP contribution in [0.3, 0.4) is 0 Å². The molecule has 8 nitrogen and oxygen atoms in total. The predicted octanol–water partition coefficient (Wildman–Crippen LogP) is 4.01. The van der Waals surface area contributed by atoms with Crippen LogP contribution in [0.15, 0.2) is 90.0 Å². The Morgan fingerprint density at radius 3 is 2.32 bits per heavy atom. The van der Waals surface area contributed by atoms with Gasteiger partial charge >= 0.3 is 0 Å². The number of rotatable bonds is 7. The van der Waals surface area contributed by atoms with E-state index in [1.54, 1.807) is 36.4 Å². The molecule has 0 saturated carbocycles. The van der Waals surface area contributed by atoms with Crippen molar-refractivity contribution in [3.8, 4) is 0 Å². The molecule has 0 heterocycles. The lowest BCUT2D eigenvalue weighted by molar-refractivity contribution is -0.384. The Kier molecular flexibility index (Phi) is 6.99. The molecule has 0 aliphatic carbocycles. The van der Waals surface area contributed by atoms with Crippen LogP contribution in [-0.4, -0.2) is 23.0 Å². The molecule has 3 aromatic carbocycles. The lowest BCUT2D eigenvalue weighted by Gasteiger charge is -2.04. The van der Waals surface area contributed by atoms with Crippen LogP contribution in [0.25, 0.3) is 6.08 Å². The topological polar surface area (TPSA) is 114 Å². The van der Waals surface area contributed by atoms with Crippen LogP contribution in [0.4, 0.5) is 11.4 Å². The summed E-state index contributed by atoms with van der Waals surface area (Å²) in [5.41, 5.74) is 4.57. The van der Waals surface area contributed by atoms with Gasteiger partial charge in [-0.2, -0.15) is 5.10 Å². The van der Waals surface area contributed by atoms with Crippen molar-refractivity contribution in [2.75, 3.05) is 5.32 Å². The first kappa shape index (κ1) is 21.1. The highest BCUT2D eigenvalue weighted by Crippen LogP contribution is 2.12. The van der Waals surface area contributed by atoms with Gasteiger partial charge in [0.25, 0.3) is 11.6 Å². The zero-order valence-corrected chi connectivity index (χ0v) is 16.3. The van der Waals surface area contributed by atoms with Crippen molar-refractivity contribution in [2.24, 2.45) is 5.10 Å². The third-order valence-electron chi connectivity index (χ3n) is 4.10. The first-order valence-electron chi connectivity index (χ1n) is 9.23. The third-order valence-corrected chi connectivity index (χ3v) is 4.10. The Balaban J connectivity index is 1.54. The number of nitrogens with one attached hydrogen (secondary N) is 2. The predicted molar refractivity (Wildman–Crippen MR) is 119 cm³/mol. The molecule has 0 saturated heterocycles. The molecule has 0 radical (unpaired) electrons. The number of nitrogens with zero attached hydrogens (tertiary/aromatic N) is 2. The number of benzene rings is 3. The van der Waals surface area contributed by atoms with Crippen molar-refractivity contribution in [1.29, 1.82) is 0 Å². The lowest BCUT2D eigenvalue weighted by atomic mass is 10.2. The van der Waals surface area contributed by atoms with E-state index in [9.17, 15) is 19.7 Å². The molecular weight excluding hydrogens is 396 g/mol. The van der Waals surface area contributed by atoms with E-state index in [2.05, 4.69) is 15.8 Å². The number of hydrogen-bond donors (Lipinski definition) is 2. The molecule has 3 rings (SSSR count). The van der Waals surface area contributed by atoms with Gasteiger partial charge in [0.15, 0.2) is 0 Å². The number of nitro groups is 1. The van der Waals surface area contributed by atoms with E-state index in [-0.39, 0.29) is 11.6 Å². The van der Waals surface area contributed by atoms with Gasteiger partial charge in [0, 0.05) is 35.0 Å². The molecule has 0 spiro atoms. The van der Waals surface area contributed by atoms with Crippen LogP contribution in [0, 0.1) is 10.1 Å². The number of anilines is 1. The summed E-state index contributed by atoms with van der Waals surface area (Å²) in [5.74, 6) is -0.744. The number of hydrazone groups is 1. The van der Waals surface area contributed by atoms with Gasteiger partial charge in [-0.3, -0.25) is 19.7 Å². The molecule has 154 valence electrons. The summed E-state index contributed by atoms with van der Waals surface area (Å²) in [7, 11) is 0. The van der Waals surface area contributed by atoms with Crippen molar-refractivity contribution in [3.63, 3.8) is 0 Å². The second kappa shape index (κ2) is 10.3. The average molecular weight is 414 g/mol. The summed E-state index contributed by atoms with van der Waals surface area (Å²) in [6.45, 7) is 0. The Morgan fingerprint density at radius 2 is 1.61 bits per heavy atom. The SMILES string of the molecule is O=C(/C=C/c1ccccc1)Nc1ccc(C(=O)N/N=C\c2cccc([N+](=O)[O-])c2)cc1. The Labute approximate surface area is 178 Å². The lowest BCUT2D eigenvalue weighted by Crippen LogP contribution is -2.17. The minimum atomic E-state index is -0.506. The summed E-state index contributed by atoms with van der Waals surface area (Å²) < 4.78 is 0. The molecule has 2 amide bonds. The van der Waals surface area contributed by atoms with Crippen LogP contribution in [0.1, 0.15) is 21.5 Å². The smallest absolute Gasteiger partial charge is 0.271 e. The van der Waals surface area contributed by atoms with Gasteiger partial charge in [-0.05, 0) is 35.9 Å². The van der Waals surface area contributed by atoms with Gasteiger partial charge in [-0.1, -0.05) is 42.5 Å². The summed E-state index contributed by atoms with van der Waals surface area (Å²) in [4.78, 5) is 34.5. The largest absolute Gasteiger partial charge is 0.323 e. The summed E-state index contributed by atoms with van der Waals surface area (Å²) in [6, 6.07) is 21.6. The molecule has 0 atom stereocenters. The highest BCUT2D eigenvalue weighted by atomic mass is 16.6. The minimum absolute atomic E-state index is 0.0634. The molecule has 0 bridgehead atoms. The molecule has 0 unspecified atom stereocenters. The van der Waals surface area contributed by atoms with Gasteiger partial charge in [0.2, 0.25) is 5.91 Å². The first-order chi connectivity index (χ1) is 15.0. The van der Waals surface area contributed by atoms with Crippen molar-refractivity contribution >= 4 is 35.5 Å². The van der Waals surface area contributed by atoms with Crippen LogP contribution >= 0.6 is 0 Å². The normalized spacial score (nSPS) is 10.8. The van der Waals surface area contributed by atoms with E-state index in [4.69, 9.17) is 0 Å². The Hall–Kier alpha value is -4.59. The van der Waals surface area contributed by atoms with E-state index in [1.165, 1.54) is 30.5 Å². The maximum Gasteiger partial charge on any atom is 0.271 e. The van der Waals surface area contributed by atoms with Gasteiger partial charge in [-0.25, -0.2) is 5.43 Å². The van der Waals surface area contributed by atoms with E-state index in [1.807, 2.05) is 30.3 Å². The maximum absolute atomic E-state index is 12.2. The zero-order chi connectivity index (χ0) is 22.1. The van der Waals surface area contributed by atoms with Crippen LogP contribution in [-0.2, 0) is 4.79 Å². The Morgan fingerprint density at radius 1 is 0.903 bits per heavy atom. The molecule has 0 aromatic heterocycles. The van der Waals surface area contributed by atoms with Gasteiger partial charge < -0.3 is 5.32 Å².